The monoisotopic (exact) mass is 559 g/mol. The number of rotatable bonds is 3. The van der Waals surface area contributed by atoms with Gasteiger partial charge in [0.05, 0.1) is 0 Å². The van der Waals surface area contributed by atoms with Crippen molar-refractivity contribution < 1.29 is 0 Å². The second kappa shape index (κ2) is 8.78. The van der Waals surface area contributed by atoms with Crippen molar-refractivity contribution in [1.82, 2.24) is 0 Å². The van der Waals surface area contributed by atoms with E-state index in [-0.39, 0.29) is 0 Å². The standard InChI is InChI=1S/C38H25NS2/c1-23-27-8-2-3-9-29(27)32-20-24(14-17-28(23)32)39(25-15-18-37-33(21-25)30-10-4-6-12-35(30)40-37)26-16-19-38-34(22-26)31-11-5-7-13-36(31)41-38/h2-13,15-16,18-22H,1,14,17H2. The summed E-state index contributed by atoms with van der Waals surface area (Å²) in [5.41, 5.74) is 10.2. The molecule has 0 radical (unpaired) electrons. The van der Waals surface area contributed by atoms with E-state index in [9.17, 15) is 0 Å². The van der Waals surface area contributed by atoms with Gasteiger partial charge in [0.2, 0.25) is 0 Å². The maximum atomic E-state index is 4.48. The topological polar surface area (TPSA) is 3.24 Å². The zero-order chi connectivity index (χ0) is 27.1. The van der Waals surface area contributed by atoms with Crippen molar-refractivity contribution in [3.8, 4) is 0 Å². The van der Waals surface area contributed by atoms with Crippen molar-refractivity contribution in [1.29, 1.82) is 0 Å². The largest absolute Gasteiger partial charge is 0.314 e. The number of benzene rings is 5. The minimum absolute atomic E-state index is 0.969. The number of hydrogen-bond donors (Lipinski definition) is 0. The normalized spacial score (nSPS) is 14.7. The van der Waals surface area contributed by atoms with E-state index < -0.39 is 0 Å². The molecule has 2 heterocycles. The summed E-state index contributed by atoms with van der Waals surface area (Å²) in [6.07, 6.45) is 4.40. The van der Waals surface area contributed by atoms with Crippen molar-refractivity contribution in [3.63, 3.8) is 0 Å². The first-order chi connectivity index (χ1) is 20.2. The van der Waals surface area contributed by atoms with Gasteiger partial charge in [-0.1, -0.05) is 67.2 Å². The molecule has 0 bridgehead atoms. The summed E-state index contributed by atoms with van der Waals surface area (Å²) in [5, 5.41) is 5.31. The van der Waals surface area contributed by atoms with E-state index in [0.29, 0.717) is 0 Å². The molecule has 194 valence electrons. The molecular weight excluding hydrogens is 535 g/mol. The molecule has 0 atom stereocenters. The van der Waals surface area contributed by atoms with Crippen molar-refractivity contribution in [2.75, 3.05) is 4.90 Å². The van der Waals surface area contributed by atoms with Gasteiger partial charge in [-0.15, -0.1) is 22.7 Å². The number of fused-ring (bicyclic) bond motifs is 8. The van der Waals surface area contributed by atoms with Gasteiger partial charge >= 0.3 is 0 Å². The summed E-state index contributed by atoms with van der Waals surface area (Å²) in [7, 11) is 0. The van der Waals surface area contributed by atoms with Crippen molar-refractivity contribution in [3.05, 3.63) is 144 Å². The highest BCUT2D eigenvalue weighted by atomic mass is 32.1. The van der Waals surface area contributed by atoms with Gasteiger partial charge in [-0.2, -0.15) is 0 Å². The average molecular weight is 560 g/mol. The number of hydrogen-bond acceptors (Lipinski definition) is 3. The third-order valence-electron chi connectivity index (χ3n) is 8.70. The van der Waals surface area contributed by atoms with Crippen molar-refractivity contribution in [2.45, 2.75) is 12.8 Å². The van der Waals surface area contributed by atoms with E-state index in [0.717, 1.165) is 12.8 Å². The molecule has 1 nitrogen and oxygen atoms in total. The van der Waals surface area contributed by atoms with Crippen molar-refractivity contribution in [2.24, 2.45) is 0 Å². The molecule has 0 saturated heterocycles. The third kappa shape index (κ3) is 3.46. The van der Waals surface area contributed by atoms with Crippen molar-refractivity contribution >= 4 is 85.5 Å². The van der Waals surface area contributed by atoms with Crippen LogP contribution >= 0.6 is 22.7 Å². The van der Waals surface area contributed by atoms with Gasteiger partial charge in [-0.3, -0.25) is 0 Å². The minimum atomic E-state index is 0.969. The number of anilines is 2. The van der Waals surface area contributed by atoms with Gasteiger partial charge in [0.15, 0.2) is 0 Å². The quantitative estimate of drug-likeness (QED) is 0.208. The van der Waals surface area contributed by atoms with E-state index in [1.807, 2.05) is 22.7 Å². The SMILES string of the molecule is C=C1C2=C(C=C(N(c3ccc4sc5ccccc5c4c3)c3ccc4sc5ccccc5c4c3)CC2)c2ccccc21. The number of thiophene rings is 2. The Balaban J connectivity index is 1.28. The smallest absolute Gasteiger partial charge is 0.0465 e. The highest BCUT2D eigenvalue weighted by molar-refractivity contribution is 7.26. The van der Waals surface area contributed by atoms with Gasteiger partial charge < -0.3 is 4.90 Å². The molecule has 0 N–H and O–H groups in total. The Morgan fingerprint density at radius 2 is 1.07 bits per heavy atom. The van der Waals surface area contributed by atoms with Crippen LogP contribution in [0.15, 0.2) is 133 Å². The summed E-state index contributed by atoms with van der Waals surface area (Å²) >= 11 is 3.75. The molecule has 7 aromatic rings. The number of allylic oxidation sites excluding steroid dienone is 5. The van der Waals surface area contributed by atoms with Gasteiger partial charge in [-0.25, -0.2) is 0 Å². The second-order valence-electron chi connectivity index (χ2n) is 10.9. The van der Waals surface area contributed by atoms with E-state index in [2.05, 4.69) is 127 Å². The van der Waals surface area contributed by atoms with Crippen LogP contribution in [0.5, 0.6) is 0 Å². The molecule has 2 aliphatic carbocycles. The molecular formula is C38H25NS2. The first-order valence-corrected chi connectivity index (χ1v) is 15.7. The lowest BCUT2D eigenvalue weighted by Crippen LogP contribution is -2.18. The van der Waals surface area contributed by atoms with Crippen LogP contribution in [-0.4, -0.2) is 0 Å². The predicted molar refractivity (Wildman–Crippen MR) is 181 cm³/mol. The zero-order valence-electron chi connectivity index (χ0n) is 22.4. The van der Waals surface area contributed by atoms with Crippen LogP contribution in [-0.2, 0) is 0 Å². The Bertz CT molecular complexity index is 2180. The summed E-state index contributed by atoms with van der Waals surface area (Å²) in [4.78, 5) is 2.51. The molecule has 2 aliphatic rings. The molecule has 41 heavy (non-hydrogen) atoms. The Kier molecular flexibility index (Phi) is 4.98. The molecule has 0 spiro atoms. The second-order valence-corrected chi connectivity index (χ2v) is 13.1. The maximum Gasteiger partial charge on any atom is 0.0465 e. The Labute approximate surface area is 246 Å². The first-order valence-electron chi connectivity index (χ1n) is 14.1. The van der Waals surface area contributed by atoms with Crippen LogP contribution in [0.1, 0.15) is 24.0 Å². The van der Waals surface area contributed by atoms with Crippen LogP contribution in [0.25, 0.3) is 51.5 Å². The molecule has 0 amide bonds. The Morgan fingerprint density at radius 3 is 1.71 bits per heavy atom. The molecule has 2 aromatic heterocycles. The first kappa shape index (κ1) is 23.3. The third-order valence-corrected chi connectivity index (χ3v) is 11.0. The molecule has 9 rings (SSSR count). The maximum absolute atomic E-state index is 4.48. The highest BCUT2D eigenvalue weighted by Gasteiger charge is 2.29. The van der Waals surface area contributed by atoms with E-state index >= 15 is 0 Å². The molecule has 0 unspecified atom stereocenters. The van der Waals surface area contributed by atoms with E-state index in [4.69, 9.17) is 0 Å². The van der Waals surface area contributed by atoms with E-state index in [1.165, 1.54) is 85.3 Å². The van der Waals surface area contributed by atoms with Gasteiger partial charge in [0.1, 0.15) is 0 Å². The lowest BCUT2D eigenvalue weighted by Gasteiger charge is -2.31. The fourth-order valence-corrected chi connectivity index (χ4v) is 8.95. The molecule has 0 fully saturated rings. The molecule has 3 heteroatoms. The highest BCUT2D eigenvalue weighted by Crippen LogP contribution is 2.49. The van der Waals surface area contributed by atoms with Gasteiger partial charge in [0.25, 0.3) is 0 Å². The molecule has 5 aromatic carbocycles. The Hall–Kier alpha value is -4.44. The predicted octanol–water partition coefficient (Wildman–Crippen LogP) is 11.7. The molecule has 0 saturated carbocycles. The van der Waals surface area contributed by atoms with Crippen LogP contribution in [0.4, 0.5) is 11.4 Å². The Morgan fingerprint density at radius 1 is 0.537 bits per heavy atom. The summed E-state index contributed by atoms with van der Waals surface area (Å²) in [6.45, 7) is 4.48. The lowest BCUT2D eigenvalue weighted by atomic mass is 9.93. The minimum Gasteiger partial charge on any atom is -0.314 e. The van der Waals surface area contributed by atoms with Gasteiger partial charge in [-0.05, 0) is 95.3 Å². The fourth-order valence-electron chi connectivity index (χ4n) is 6.77. The van der Waals surface area contributed by atoms with E-state index in [1.54, 1.807) is 0 Å². The summed E-state index contributed by atoms with van der Waals surface area (Å²) < 4.78 is 5.34. The van der Waals surface area contributed by atoms with Crippen LogP contribution in [0, 0.1) is 0 Å². The zero-order valence-corrected chi connectivity index (χ0v) is 24.0. The summed E-state index contributed by atoms with van der Waals surface area (Å²) in [6, 6.07) is 40.3. The number of nitrogens with zero attached hydrogens (tertiary/aromatic N) is 1. The van der Waals surface area contributed by atoms with Gasteiger partial charge in [0, 0.05) is 57.4 Å². The van der Waals surface area contributed by atoms with Crippen LogP contribution in [0.3, 0.4) is 0 Å². The van der Waals surface area contributed by atoms with Crippen LogP contribution in [0.2, 0.25) is 0 Å². The molecule has 0 aliphatic heterocycles. The average Bonchev–Trinajstić information content (AvgIpc) is 3.67. The van der Waals surface area contributed by atoms with Crippen LogP contribution < -0.4 is 4.90 Å². The fraction of sp³-hybridized carbons (Fsp3) is 0.0526. The lowest BCUT2D eigenvalue weighted by molar-refractivity contribution is 0.904. The summed E-state index contributed by atoms with van der Waals surface area (Å²) in [5.74, 6) is 0.